The molecule has 5 rings (SSSR count). The minimum absolute atomic E-state index is 0.0608. The van der Waals surface area contributed by atoms with E-state index >= 15 is 0 Å². The van der Waals surface area contributed by atoms with Gasteiger partial charge in [-0.1, -0.05) is 109 Å². The minimum atomic E-state index is -0.993. The maximum atomic E-state index is 13.7. The SMILES string of the molecule is COC(=O)[C@@H](Cc1c2ccccc2cc2ccccc12)NC(=O)[C@H](Cc1ccccc1)NC(=O)OCc1ccccc1. The quantitative estimate of drug-likeness (QED) is 0.168. The Morgan fingerprint density at radius 2 is 1.19 bits per heavy atom. The molecule has 42 heavy (non-hydrogen) atoms. The zero-order valence-electron chi connectivity index (χ0n) is 23.3. The largest absolute Gasteiger partial charge is 0.467 e. The average molecular weight is 561 g/mol. The van der Waals surface area contributed by atoms with Gasteiger partial charge in [-0.2, -0.15) is 0 Å². The molecule has 5 aromatic rings. The van der Waals surface area contributed by atoms with Crippen molar-refractivity contribution in [1.29, 1.82) is 0 Å². The maximum Gasteiger partial charge on any atom is 0.408 e. The molecule has 5 aromatic carbocycles. The van der Waals surface area contributed by atoms with Crippen LogP contribution in [0, 0.1) is 0 Å². The van der Waals surface area contributed by atoms with Gasteiger partial charge in [-0.15, -0.1) is 0 Å². The molecule has 0 aliphatic carbocycles. The molecule has 0 aliphatic heterocycles. The molecule has 0 saturated carbocycles. The van der Waals surface area contributed by atoms with Gasteiger partial charge in [-0.25, -0.2) is 9.59 Å². The number of nitrogens with one attached hydrogen (secondary N) is 2. The van der Waals surface area contributed by atoms with Gasteiger partial charge in [0.15, 0.2) is 0 Å². The van der Waals surface area contributed by atoms with Crippen molar-refractivity contribution in [3.05, 3.63) is 132 Å². The first-order chi connectivity index (χ1) is 20.5. The molecule has 0 radical (unpaired) electrons. The third-order valence-electron chi connectivity index (χ3n) is 7.20. The summed E-state index contributed by atoms with van der Waals surface area (Å²) in [4.78, 5) is 39.5. The molecule has 0 aliphatic rings. The van der Waals surface area contributed by atoms with Crippen LogP contribution in [0.2, 0.25) is 0 Å². The summed E-state index contributed by atoms with van der Waals surface area (Å²) in [6.07, 6.45) is -0.320. The fourth-order valence-electron chi connectivity index (χ4n) is 5.11. The molecular weight excluding hydrogens is 528 g/mol. The molecule has 0 fully saturated rings. The number of fused-ring (bicyclic) bond motifs is 2. The van der Waals surface area contributed by atoms with Crippen molar-refractivity contribution in [2.45, 2.75) is 31.5 Å². The minimum Gasteiger partial charge on any atom is -0.467 e. The number of hydrogen-bond donors (Lipinski definition) is 2. The van der Waals surface area contributed by atoms with Gasteiger partial charge in [-0.05, 0) is 44.3 Å². The van der Waals surface area contributed by atoms with E-state index in [9.17, 15) is 14.4 Å². The van der Waals surface area contributed by atoms with Crippen LogP contribution >= 0.6 is 0 Å². The highest BCUT2D eigenvalue weighted by atomic mass is 16.5. The Hall–Kier alpha value is -5.17. The zero-order chi connectivity index (χ0) is 29.3. The zero-order valence-corrected chi connectivity index (χ0v) is 23.3. The Bertz CT molecular complexity index is 1630. The number of amides is 2. The molecule has 2 amide bonds. The van der Waals surface area contributed by atoms with Crippen LogP contribution in [0.1, 0.15) is 16.7 Å². The van der Waals surface area contributed by atoms with Crippen LogP contribution in [0.3, 0.4) is 0 Å². The van der Waals surface area contributed by atoms with E-state index in [4.69, 9.17) is 9.47 Å². The van der Waals surface area contributed by atoms with E-state index in [2.05, 4.69) is 16.7 Å². The van der Waals surface area contributed by atoms with Crippen molar-refractivity contribution < 1.29 is 23.9 Å². The van der Waals surface area contributed by atoms with Crippen LogP contribution in [0.15, 0.2) is 115 Å². The lowest BCUT2D eigenvalue weighted by Gasteiger charge is -2.23. The van der Waals surface area contributed by atoms with Gasteiger partial charge >= 0.3 is 12.1 Å². The number of ether oxygens (including phenoxy) is 2. The summed E-state index contributed by atoms with van der Waals surface area (Å²) in [6, 6.07) is 34.7. The molecule has 212 valence electrons. The Labute approximate surface area is 244 Å². The predicted molar refractivity (Wildman–Crippen MR) is 163 cm³/mol. The van der Waals surface area contributed by atoms with Gasteiger partial charge in [0.05, 0.1) is 7.11 Å². The topological polar surface area (TPSA) is 93.7 Å². The lowest BCUT2D eigenvalue weighted by Crippen LogP contribution is -2.53. The summed E-state index contributed by atoms with van der Waals surface area (Å²) in [5.41, 5.74) is 2.59. The van der Waals surface area contributed by atoms with Crippen LogP contribution in [-0.4, -0.2) is 37.2 Å². The van der Waals surface area contributed by atoms with E-state index in [1.165, 1.54) is 7.11 Å². The van der Waals surface area contributed by atoms with Gasteiger partial charge in [0.25, 0.3) is 0 Å². The van der Waals surface area contributed by atoms with Crippen molar-refractivity contribution in [3.63, 3.8) is 0 Å². The van der Waals surface area contributed by atoms with Gasteiger partial charge in [0.2, 0.25) is 5.91 Å². The third-order valence-corrected chi connectivity index (χ3v) is 7.20. The van der Waals surface area contributed by atoms with Crippen LogP contribution in [0.4, 0.5) is 4.79 Å². The second kappa shape index (κ2) is 13.5. The van der Waals surface area contributed by atoms with E-state index in [1.807, 2.05) is 109 Å². The van der Waals surface area contributed by atoms with E-state index in [-0.39, 0.29) is 19.4 Å². The fourth-order valence-corrected chi connectivity index (χ4v) is 5.11. The van der Waals surface area contributed by atoms with Crippen LogP contribution < -0.4 is 10.6 Å². The molecule has 2 N–H and O–H groups in total. The summed E-state index contributed by atoms with van der Waals surface area (Å²) in [5, 5.41) is 9.60. The highest BCUT2D eigenvalue weighted by molar-refractivity contribution is 6.03. The first kappa shape index (κ1) is 28.4. The Morgan fingerprint density at radius 3 is 1.79 bits per heavy atom. The van der Waals surface area contributed by atoms with Gasteiger partial charge in [-0.3, -0.25) is 4.79 Å². The molecule has 0 heterocycles. The van der Waals surface area contributed by atoms with Crippen LogP contribution in [0.5, 0.6) is 0 Å². The van der Waals surface area contributed by atoms with Crippen molar-refractivity contribution in [1.82, 2.24) is 10.6 Å². The number of carbonyl (C=O) groups excluding carboxylic acids is 3. The first-order valence-electron chi connectivity index (χ1n) is 13.8. The van der Waals surface area contributed by atoms with Crippen LogP contribution in [-0.2, 0) is 38.5 Å². The number of esters is 1. The summed E-state index contributed by atoms with van der Waals surface area (Å²) < 4.78 is 10.5. The normalized spacial score (nSPS) is 12.3. The van der Waals surface area contributed by atoms with Crippen molar-refractivity contribution >= 4 is 39.5 Å². The molecule has 0 spiro atoms. The van der Waals surface area contributed by atoms with Crippen LogP contribution in [0.25, 0.3) is 21.5 Å². The summed E-state index contributed by atoms with van der Waals surface area (Å²) in [6.45, 7) is 0.0608. The molecular formula is C35H32N2O5. The van der Waals surface area contributed by atoms with E-state index in [0.717, 1.165) is 38.2 Å². The van der Waals surface area contributed by atoms with Gasteiger partial charge < -0.3 is 20.1 Å². The standard InChI is InChI=1S/C35H32N2O5/c1-41-34(39)32(22-30-28-18-10-8-16-26(28)21-27-17-9-11-19-29(27)30)36-33(38)31(20-24-12-4-2-5-13-24)37-35(40)42-23-25-14-6-3-7-15-25/h2-19,21,31-32H,20,22-23H2,1H3,(H,36,38)(H,37,40)/t31-,32+/m0/s1. The van der Waals surface area contributed by atoms with Crippen molar-refractivity contribution in [2.75, 3.05) is 7.11 Å². The monoisotopic (exact) mass is 560 g/mol. The molecule has 7 nitrogen and oxygen atoms in total. The highest BCUT2D eigenvalue weighted by Crippen LogP contribution is 2.29. The van der Waals surface area contributed by atoms with Crippen molar-refractivity contribution in [3.8, 4) is 0 Å². The number of methoxy groups -OCH3 is 1. The summed E-state index contributed by atoms with van der Waals surface area (Å²) >= 11 is 0. The summed E-state index contributed by atoms with van der Waals surface area (Å²) in [5.74, 6) is -1.10. The van der Waals surface area contributed by atoms with E-state index < -0.39 is 30.1 Å². The number of benzene rings is 5. The van der Waals surface area contributed by atoms with Gasteiger partial charge in [0, 0.05) is 12.8 Å². The molecule has 0 bridgehead atoms. The number of rotatable bonds is 10. The Morgan fingerprint density at radius 1 is 0.643 bits per heavy atom. The fraction of sp³-hybridized carbons (Fsp3) is 0.171. The van der Waals surface area contributed by atoms with E-state index in [0.29, 0.717) is 0 Å². The van der Waals surface area contributed by atoms with E-state index in [1.54, 1.807) is 0 Å². The predicted octanol–water partition coefficient (Wildman–Crippen LogP) is 5.73. The summed E-state index contributed by atoms with van der Waals surface area (Å²) in [7, 11) is 1.29. The average Bonchev–Trinajstić information content (AvgIpc) is 3.03. The highest BCUT2D eigenvalue weighted by Gasteiger charge is 2.29. The molecule has 0 unspecified atom stereocenters. The Kier molecular flexibility index (Phi) is 9.09. The second-order valence-electron chi connectivity index (χ2n) is 10.0. The lowest BCUT2D eigenvalue weighted by molar-refractivity contribution is -0.145. The molecule has 7 heteroatoms. The first-order valence-corrected chi connectivity index (χ1v) is 13.8. The second-order valence-corrected chi connectivity index (χ2v) is 10.0. The number of alkyl carbamates (subject to hydrolysis) is 1. The molecule has 0 aromatic heterocycles. The lowest BCUT2D eigenvalue weighted by atomic mass is 9.92. The smallest absolute Gasteiger partial charge is 0.408 e. The molecule has 2 atom stereocenters. The number of carbonyl (C=O) groups is 3. The van der Waals surface area contributed by atoms with Gasteiger partial charge in [0.1, 0.15) is 18.7 Å². The Balaban J connectivity index is 1.40. The van der Waals surface area contributed by atoms with Crippen molar-refractivity contribution in [2.24, 2.45) is 0 Å². The third kappa shape index (κ3) is 6.93. The number of hydrogen-bond acceptors (Lipinski definition) is 5. The molecule has 0 saturated heterocycles. The maximum absolute atomic E-state index is 13.7.